The molecule has 0 heterocycles. The Morgan fingerprint density at radius 3 is 2.53 bits per heavy atom. The molecule has 96 valence electrons. The van der Waals surface area contributed by atoms with Gasteiger partial charge in [0.1, 0.15) is 0 Å². The van der Waals surface area contributed by atoms with Gasteiger partial charge >= 0.3 is 0 Å². The van der Waals surface area contributed by atoms with Crippen molar-refractivity contribution in [2.24, 2.45) is 0 Å². The Balaban J connectivity index is 2.61. The van der Waals surface area contributed by atoms with Crippen molar-refractivity contribution in [3.05, 3.63) is 27.7 Å². The number of anilines is 1. The number of hydrogen-bond donors (Lipinski definition) is 1. The molecule has 0 fully saturated rings. The molecule has 0 amide bonds. The van der Waals surface area contributed by atoms with Crippen molar-refractivity contribution in [1.82, 2.24) is 0 Å². The molecule has 1 aromatic rings. The zero-order valence-electron chi connectivity index (χ0n) is 11.4. The molecule has 0 saturated heterocycles. The molecule has 1 unspecified atom stereocenters. The summed E-state index contributed by atoms with van der Waals surface area (Å²) in [6.07, 6.45) is 5.18. The highest BCUT2D eigenvalue weighted by molar-refractivity contribution is 9.10. The summed E-state index contributed by atoms with van der Waals surface area (Å²) in [5.74, 6) is 0. The number of benzene rings is 1. The lowest BCUT2D eigenvalue weighted by molar-refractivity contribution is 0.614. The molecule has 1 N–H and O–H groups in total. The predicted molar refractivity (Wildman–Crippen MR) is 80.8 cm³/mol. The zero-order valence-corrected chi connectivity index (χ0v) is 13.0. The lowest BCUT2D eigenvalue weighted by Crippen LogP contribution is -2.16. The number of rotatable bonds is 6. The normalized spacial score (nSPS) is 12.5. The van der Waals surface area contributed by atoms with Gasteiger partial charge in [0.15, 0.2) is 0 Å². The molecule has 0 spiro atoms. The van der Waals surface area contributed by atoms with Crippen LogP contribution in [0.15, 0.2) is 16.6 Å². The van der Waals surface area contributed by atoms with Gasteiger partial charge in [0, 0.05) is 10.5 Å². The van der Waals surface area contributed by atoms with Crippen LogP contribution >= 0.6 is 15.9 Å². The Hall–Kier alpha value is -0.500. The van der Waals surface area contributed by atoms with Crippen molar-refractivity contribution in [3.8, 4) is 0 Å². The molecule has 1 nitrogen and oxygen atoms in total. The summed E-state index contributed by atoms with van der Waals surface area (Å²) in [5.41, 5.74) is 3.87. The van der Waals surface area contributed by atoms with Gasteiger partial charge in [0.25, 0.3) is 0 Å². The first-order chi connectivity index (χ1) is 8.04. The first kappa shape index (κ1) is 14.6. The van der Waals surface area contributed by atoms with Crippen LogP contribution in [0.25, 0.3) is 0 Å². The predicted octanol–water partition coefficient (Wildman–Crippen LogP) is 5.45. The third-order valence-electron chi connectivity index (χ3n) is 3.06. The van der Waals surface area contributed by atoms with Crippen LogP contribution in [-0.4, -0.2) is 6.04 Å². The zero-order chi connectivity index (χ0) is 12.8. The smallest absolute Gasteiger partial charge is 0.0516 e. The maximum atomic E-state index is 3.65. The Morgan fingerprint density at radius 1 is 1.24 bits per heavy atom. The van der Waals surface area contributed by atoms with Crippen molar-refractivity contribution < 1.29 is 0 Å². The Bertz CT molecular complexity index is 337. The van der Waals surface area contributed by atoms with Crippen LogP contribution in [-0.2, 0) is 0 Å². The monoisotopic (exact) mass is 297 g/mol. The van der Waals surface area contributed by atoms with Gasteiger partial charge < -0.3 is 5.32 Å². The van der Waals surface area contributed by atoms with E-state index in [0.717, 1.165) is 0 Å². The van der Waals surface area contributed by atoms with Crippen molar-refractivity contribution >= 4 is 21.6 Å². The summed E-state index contributed by atoms with van der Waals surface area (Å²) in [7, 11) is 0. The first-order valence-electron chi connectivity index (χ1n) is 6.58. The van der Waals surface area contributed by atoms with Crippen LogP contribution in [0.4, 0.5) is 5.69 Å². The lowest BCUT2D eigenvalue weighted by atomic mass is 10.1. The molecule has 1 atom stereocenters. The van der Waals surface area contributed by atoms with E-state index in [1.165, 1.54) is 47.0 Å². The largest absolute Gasteiger partial charge is 0.381 e. The fourth-order valence-corrected chi connectivity index (χ4v) is 2.91. The Labute approximate surface area is 114 Å². The molecular weight excluding hydrogens is 274 g/mol. The third-order valence-corrected chi connectivity index (χ3v) is 3.69. The average Bonchev–Trinajstić information content (AvgIpc) is 2.24. The Morgan fingerprint density at radius 2 is 1.94 bits per heavy atom. The molecule has 2 heteroatoms. The highest BCUT2D eigenvalue weighted by Crippen LogP contribution is 2.28. The van der Waals surface area contributed by atoms with E-state index < -0.39 is 0 Å². The fourth-order valence-electron chi connectivity index (χ4n) is 2.12. The van der Waals surface area contributed by atoms with Gasteiger partial charge in [-0.2, -0.15) is 0 Å². The highest BCUT2D eigenvalue weighted by Gasteiger charge is 2.08. The van der Waals surface area contributed by atoms with Gasteiger partial charge in [-0.05, 0) is 60.3 Å². The summed E-state index contributed by atoms with van der Waals surface area (Å²) in [6, 6.07) is 4.94. The van der Waals surface area contributed by atoms with Crippen molar-refractivity contribution in [1.29, 1.82) is 0 Å². The van der Waals surface area contributed by atoms with E-state index in [0.29, 0.717) is 6.04 Å². The fraction of sp³-hybridized carbons (Fsp3) is 0.600. The molecule has 1 rings (SSSR count). The van der Waals surface area contributed by atoms with Crippen molar-refractivity contribution in [2.45, 2.75) is 59.4 Å². The van der Waals surface area contributed by atoms with Gasteiger partial charge in [-0.15, -0.1) is 0 Å². The topological polar surface area (TPSA) is 12.0 Å². The number of aryl methyl sites for hydroxylation is 2. The molecule has 17 heavy (non-hydrogen) atoms. The minimum atomic E-state index is 0.541. The van der Waals surface area contributed by atoms with E-state index in [-0.39, 0.29) is 0 Å². The van der Waals surface area contributed by atoms with E-state index in [4.69, 9.17) is 0 Å². The number of hydrogen-bond acceptors (Lipinski definition) is 1. The summed E-state index contributed by atoms with van der Waals surface area (Å²) < 4.78 is 1.18. The minimum Gasteiger partial charge on any atom is -0.381 e. The van der Waals surface area contributed by atoms with E-state index in [1.54, 1.807) is 0 Å². The quantitative estimate of drug-likeness (QED) is 0.689. The molecule has 0 radical (unpaired) electrons. The van der Waals surface area contributed by atoms with E-state index in [1.807, 2.05) is 0 Å². The molecular formula is C15H24BrN. The molecule has 0 aliphatic rings. The minimum absolute atomic E-state index is 0.541. The second-order valence-electron chi connectivity index (χ2n) is 4.98. The number of nitrogens with one attached hydrogen (secondary N) is 1. The summed E-state index contributed by atoms with van der Waals surface area (Å²) >= 11 is 3.65. The van der Waals surface area contributed by atoms with Gasteiger partial charge in [0.2, 0.25) is 0 Å². The lowest BCUT2D eigenvalue weighted by Gasteiger charge is -2.19. The summed E-state index contributed by atoms with van der Waals surface area (Å²) in [6.45, 7) is 8.81. The molecule has 0 aliphatic heterocycles. The first-order valence-corrected chi connectivity index (χ1v) is 7.37. The van der Waals surface area contributed by atoms with E-state index >= 15 is 0 Å². The van der Waals surface area contributed by atoms with Gasteiger partial charge in [-0.1, -0.05) is 32.3 Å². The molecule has 0 aromatic heterocycles. The summed E-state index contributed by atoms with van der Waals surface area (Å²) in [5, 5.41) is 3.62. The highest BCUT2D eigenvalue weighted by atomic mass is 79.9. The summed E-state index contributed by atoms with van der Waals surface area (Å²) in [4.78, 5) is 0. The molecule has 0 bridgehead atoms. The number of halogens is 1. The van der Waals surface area contributed by atoms with Gasteiger partial charge in [-0.25, -0.2) is 0 Å². The maximum Gasteiger partial charge on any atom is 0.0516 e. The SMILES string of the molecule is CCCCCC(C)Nc1c(C)cc(C)cc1Br. The van der Waals surface area contributed by atoms with Gasteiger partial charge in [0.05, 0.1) is 5.69 Å². The van der Waals surface area contributed by atoms with Crippen LogP contribution in [0.2, 0.25) is 0 Å². The van der Waals surface area contributed by atoms with Gasteiger partial charge in [-0.3, -0.25) is 0 Å². The van der Waals surface area contributed by atoms with Crippen molar-refractivity contribution in [3.63, 3.8) is 0 Å². The number of unbranched alkanes of at least 4 members (excludes halogenated alkanes) is 2. The molecule has 0 saturated carbocycles. The van der Waals surface area contributed by atoms with Crippen LogP contribution in [0, 0.1) is 13.8 Å². The van der Waals surface area contributed by atoms with E-state index in [9.17, 15) is 0 Å². The van der Waals surface area contributed by atoms with E-state index in [2.05, 4.69) is 61.1 Å². The Kier molecular flexibility index (Phi) is 6.04. The molecule has 0 aliphatic carbocycles. The second kappa shape index (κ2) is 7.05. The maximum absolute atomic E-state index is 3.65. The van der Waals surface area contributed by atoms with Crippen LogP contribution in [0.5, 0.6) is 0 Å². The van der Waals surface area contributed by atoms with Crippen LogP contribution in [0.3, 0.4) is 0 Å². The van der Waals surface area contributed by atoms with Crippen molar-refractivity contribution in [2.75, 3.05) is 5.32 Å². The molecule has 1 aromatic carbocycles. The van der Waals surface area contributed by atoms with Crippen LogP contribution < -0.4 is 5.32 Å². The van der Waals surface area contributed by atoms with Crippen LogP contribution in [0.1, 0.15) is 50.7 Å². The second-order valence-corrected chi connectivity index (χ2v) is 5.83. The standard InChI is InChI=1S/C15H24BrN/c1-5-6-7-8-13(4)17-15-12(3)9-11(2)10-14(15)16/h9-10,13,17H,5-8H2,1-4H3. The average molecular weight is 298 g/mol. The third kappa shape index (κ3) is 4.71.